The lowest BCUT2D eigenvalue weighted by atomic mass is 9.81. The van der Waals surface area contributed by atoms with E-state index in [0.717, 1.165) is 45.2 Å². The predicted molar refractivity (Wildman–Crippen MR) is 121 cm³/mol. The van der Waals surface area contributed by atoms with Gasteiger partial charge in [0, 0.05) is 22.2 Å². The van der Waals surface area contributed by atoms with E-state index in [1.807, 2.05) is 55.4 Å². The van der Waals surface area contributed by atoms with Crippen molar-refractivity contribution in [1.82, 2.24) is 20.4 Å². The highest BCUT2D eigenvalue weighted by atomic mass is 31.2. The van der Waals surface area contributed by atoms with Gasteiger partial charge in [-0.05, 0) is 93.9 Å². The van der Waals surface area contributed by atoms with Gasteiger partial charge in [0.1, 0.15) is 0 Å². The summed E-state index contributed by atoms with van der Waals surface area (Å²) >= 11 is 0. The summed E-state index contributed by atoms with van der Waals surface area (Å²) in [6.07, 6.45) is 2.05. The van der Waals surface area contributed by atoms with Crippen molar-refractivity contribution in [2.45, 2.75) is 116 Å². The number of hydrazine groups is 2. The van der Waals surface area contributed by atoms with Gasteiger partial charge in [0.25, 0.3) is 0 Å². The fraction of sp³-hybridized carbons (Fsp3) is 0.905. The molecule has 2 rings (SSSR count). The van der Waals surface area contributed by atoms with E-state index in [-0.39, 0.29) is 0 Å². The molecule has 33 heavy (non-hydrogen) atoms. The van der Waals surface area contributed by atoms with Crippen molar-refractivity contribution in [3.05, 3.63) is 0 Å². The number of nitrogens with zero attached hydrogens (tertiary/aromatic N) is 4. The quantitative estimate of drug-likeness (QED) is 0.302. The molecule has 2 aliphatic rings. The van der Waals surface area contributed by atoms with E-state index < -0.39 is 41.9 Å². The van der Waals surface area contributed by atoms with Gasteiger partial charge in [0.2, 0.25) is 0 Å². The van der Waals surface area contributed by atoms with Crippen LogP contribution in [0.3, 0.4) is 0 Å². The summed E-state index contributed by atoms with van der Waals surface area (Å²) in [5.41, 5.74) is -2.29. The van der Waals surface area contributed by atoms with E-state index in [9.17, 15) is 24.6 Å². The van der Waals surface area contributed by atoms with Crippen LogP contribution < -0.4 is 0 Å². The average Bonchev–Trinajstić information content (AvgIpc) is 2.57. The molecular formula is C21H41N4O7P. The van der Waals surface area contributed by atoms with E-state index in [2.05, 4.69) is 0 Å². The molecule has 2 heterocycles. The Balaban J connectivity index is 2.13. The third-order valence-corrected chi connectivity index (χ3v) is 7.62. The SMILES string of the molecule is CC1(C)CCCC(C)(C)N1N(O)C(=O)OP(C)(=O)OC(=O)N(O)N1C(C)(C)CCCC1(C)C. The largest absolute Gasteiger partial charge is 0.456 e. The van der Waals surface area contributed by atoms with Crippen molar-refractivity contribution >= 4 is 19.8 Å². The first-order valence-corrected chi connectivity index (χ1v) is 13.4. The molecule has 0 bridgehead atoms. The van der Waals surface area contributed by atoms with Crippen LogP contribution in [0.15, 0.2) is 0 Å². The number of rotatable bonds is 4. The van der Waals surface area contributed by atoms with Crippen LogP contribution in [-0.4, -0.2) is 71.8 Å². The summed E-state index contributed by atoms with van der Waals surface area (Å²) in [6, 6.07) is 0. The van der Waals surface area contributed by atoms with Gasteiger partial charge in [0.15, 0.2) is 0 Å². The monoisotopic (exact) mass is 492 g/mol. The maximum atomic E-state index is 12.9. The van der Waals surface area contributed by atoms with Gasteiger partial charge in [-0.25, -0.2) is 14.2 Å². The summed E-state index contributed by atoms with van der Waals surface area (Å²) in [5, 5.41) is 24.8. The van der Waals surface area contributed by atoms with Crippen molar-refractivity contribution in [3.63, 3.8) is 0 Å². The van der Waals surface area contributed by atoms with E-state index in [0.29, 0.717) is 10.3 Å². The first-order chi connectivity index (χ1) is 14.7. The highest BCUT2D eigenvalue weighted by Crippen LogP contribution is 2.47. The Morgan fingerprint density at radius 3 is 1.18 bits per heavy atom. The molecule has 0 unspecified atom stereocenters. The summed E-state index contributed by atoms with van der Waals surface area (Å²) in [7, 11) is -4.34. The van der Waals surface area contributed by atoms with E-state index in [1.165, 1.54) is 10.0 Å². The predicted octanol–water partition coefficient (Wildman–Crippen LogP) is 5.38. The van der Waals surface area contributed by atoms with Crippen LogP contribution in [0.25, 0.3) is 0 Å². The van der Waals surface area contributed by atoms with Gasteiger partial charge in [-0.2, -0.15) is 10.0 Å². The number of amides is 2. The molecule has 0 aromatic rings. The van der Waals surface area contributed by atoms with Crippen molar-refractivity contribution in [1.29, 1.82) is 0 Å². The van der Waals surface area contributed by atoms with Gasteiger partial charge >= 0.3 is 19.8 Å². The average molecular weight is 493 g/mol. The fourth-order valence-electron chi connectivity index (χ4n) is 5.53. The van der Waals surface area contributed by atoms with Crippen molar-refractivity contribution in [2.75, 3.05) is 6.66 Å². The molecule has 2 N–H and O–H groups in total. The minimum absolute atomic E-state index is 0.302. The summed E-state index contributed by atoms with van der Waals surface area (Å²) in [6.45, 7) is 15.9. The van der Waals surface area contributed by atoms with Crippen LogP contribution >= 0.6 is 7.60 Å². The second kappa shape index (κ2) is 9.00. The lowest BCUT2D eigenvalue weighted by molar-refractivity contribution is -0.292. The van der Waals surface area contributed by atoms with Crippen LogP contribution in [0, 0.1) is 0 Å². The second-order valence-electron chi connectivity index (χ2n) is 11.6. The third-order valence-electron chi connectivity index (χ3n) is 6.64. The minimum atomic E-state index is -4.34. The molecule has 0 saturated carbocycles. The zero-order valence-electron chi connectivity index (χ0n) is 21.4. The first kappa shape index (κ1) is 27.9. The van der Waals surface area contributed by atoms with Crippen molar-refractivity contribution < 1.29 is 33.6 Å². The highest BCUT2D eigenvalue weighted by Gasteiger charge is 2.49. The standard InChI is InChI=1S/C21H41N4O7P/c1-18(2)12-10-13-19(3,4)24(18)22(28)16(26)31-33(9,30)32-17(27)23(29)25-20(5,6)14-11-15-21(25,7)8/h28-29H,10-15H2,1-9H3. The maximum Gasteiger partial charge on any atom is 0.456 e. The molecule has 0 radical (unpaired) electrons. The summed E-state index contributed by atoms with van der Waals surface area (Å²) in [5.74, 6) is 0. The van der Waals surface area contributed by atoms with E-state index >= 15 is 0 Å². The molecule has 11 nitrogen and oxygen atoms in total. The topological polar surface area (TPSA) is 123 Å². The van der Waals surface area contributed by atoms with Crippen LogP contribution in [0.5, 0.6) is 0 Å². The zero-order valence-corrected chi connectivity index (χ0v) is 22.3. The smallest absolute Gasteiger partial charge is 0.363 e. The zero-order chi connectivity index (χ0) is 25.6. The van der Waals surface area contributed by atoms with Gasteiger partial charge in [-0.3, -0.25) is 10.4 Å². The molecule has 2 amide bonds. The van der Waals surface area contributed by atoms with Crippen LogP contribution in [0.2, 0.25) is 0 Å². The number of piperidine rings is 2. The molecule has 0 aliphatic carbocycles. The van der Waals surface area contributed by atoms with Gasteiger partial charge in [-0.1, -0.05) is 0 Å². The molecule has 2 aliphatic heterocycles. The molecule has 192 valence electrons. The molecule has 0 aromatic carbocycles. The van der Waals surface area contributed by atoms with Gasteiger partial charge in [-0.15, -0.1) is 10.3 Å². The number of hydrogen-bond donors (Lipinski definition) is 2. The van der Waals surface area contributed by atoms with Crippen molar-refractivity contribution in [3.8, 4) is 0 Å². The maximum absolute atomic E-state index is 12.9. The lowest BCUT2D eigenvalue weighted by Crippen LogP contribution is -2.66. The molecule has 12 heteroatoms. The van der Waals surface area contributed by atoms with Crippen molar-refractivity contribution in [2.24, 2.45) is 0 Å². The minimum Gasteiger partial charge on any atom is -0.363 e. The van der Waals surface area contributed by atoms with E-state index in [1.54, 1.807) is 0 Å². The number of hydrogen-bond acceptors (Lipinski definition) is 9. The van der Waals surface area contributed by atoms with Crippen LogP contribution in [0.4, 0.5) is 9.59 Å². The molecule has 0 spiro atoms. The number of hydroxylamine groups is 2. The second-order valence-corrected chi connectivity index (χ2v) is 13.6. The lowest BCUT2D eigenvalue weighted by Gasteiger charge is -2.54. The Kier molecular flexibility index (Phi) is 7.60. The van der Waals surface area contributed by atoms with Crippen LogP contribution in [0.1, 0.15) is 93.9 Å². The summed E-state index contributed by atoms with van der Waals surface area (Å²) in [4.78, 5) is 25.3. The fourth-order valence-corrected chi connectivity index (χ4v) is 6.28. The molecule has 2 fully saturated rings. The Labute approximate surface area is 197 Å². The third kappa shape index (κ3) is 6.00. The molecule has 0 aromatic heterocycles. The Bertz CT molecular complexity index is 720. The van der Waals surface area contributed by atoms with Crippen LogP contribution in [-0.2, 0) is 13.6 Å². The highest BCUT2D eigenvalue weighted by molar-refractivity contribution is 7.54. The van der Waals surface area contributed by atoms with Gasteiger partial charge < -0.3 is 9.05 Å². The Hall–Kier alpha value is -1.39. The first-order valence-electron chi connectivity index (χ1n) is 11.4. The van der Waals surface area contributed by atoms with E-state index in [4.69, 9.17) is 9.05 Å². The molecule has 2 saturated heterocycles. The normalized spacial score (nSPS) is 24.6. The molecule has 0 atom stereocenters. The molecular weight excluding hydrogens is 451 g/mol. The van der Waals surface area contributed by atoms with Gasteiger partial charge in [0.05, 0.1) is 6.66 Å². The summed E-state index contributed by atoms with van der Waals surface area (Å²) < 4.78 is 22.7. The Morgan fingerprint density at radius 1 is 0.697 bits per heavy atom. The Morgan fingerprint density at radius 2 is 0.939 bits per heavy atom. The number of carbonyl (C=O) groups is 2. The number of carbonyl (C=O) groups excluding carboxylic acids is 2.